The van der Waals surface area contributed by atoms with E-state index in [0.29, 0.717) is 31.3 Å². The highest BCUT2D eigenvalue weighted by Gasteiger charge is 2.22. The summed E-state index contributed by atoms with van der Waals surface area (Å²) in [5.41, 5.74) is 1.88. The molecule has 30 heavy (non-hydrogen) atoms. The van der Waals surface area contributed by atoms with Crippen molar-refractivity contribution >= 4 is 5.91 Å². The molecule has 1 aromatic heterocycles. The first-order chi connectivity index (χ1) is 14.6. The lowest BCUT2D eigenvalue weighted by Crippen LogP contribution is -2.32. The normalized spacial score (nSPS) is 13.8. The van der Waals surface area contributed by atoms with Crippen LogP contribution in [0.3, 0.4) is 0 Å². The van der Waals surface area contributed by atoms with Gasteiger partial charge in [0.2, 0.25) is 17.6 Å². The topological polar surface area (TPSA) is 86.5 Å². The van der Waals surface area contributed by atoms with Gasteiger partial charge in [0.05, 0.1) is 6.04 Å². The summed E-state index contributed by atoms with van der Waals surface area (Å²) in [6.45, 7) is 5.24. The van der Waals surface area contributed by atoms with Gasteiger partial charge in [-0.15, -0.1) is 0 Å². The molecule has 0 spiro atoms. The third-order valence-corrected chi connectivity index (χ3v) is 4.97. The molecule has 156 valence electrons. The number of aryl methyl sites for hydroxylation is 1. The summed E-state index contributed by atoms with van der Waals surface area (Å²) in [6, 6.07) is 15.3. The van der Waals surface area contributed by atoms with Crippen molar-refractivity contribution < 1.29 is 18.8 Å². The smallest absolute Gasteiger partial charge is 0.227 e. The van der Waals surface area contributed by atoms with E-state index in [4.69, 9.17) is 14.0 Å². The maximum Gasteiger partial charge on any atom is 0.227 e. The summed E-state index contributed by atoms with van der Waals surface area (Å²) in [5.74, 6) is 2.59. The van der Waals surface area contributed by atoms with Crippen molar-refractivity contribution in [2.45, 2.75) is 32.7 Å². The predicted octanol–water partition coefficient (Wildman–Crippen LogP) is 3.95. The van der Waals surface area contributed by atoms with Gasteiger partial charge >= 0.3 is 0 Å². The Morgan fingerprint density at radius 2 is 1.83 bits per heavy atom. The average molecular weight is 407 g/mol. The van der Waals surface area contributed by atoms with Gasteiger partial charge in [-0.2, -0.15) is 4.98 Å². The second-order valence-electron chi connectivity index (χ2n) is 7.57. The van der Waals surface area contributed by atoms with Crippen molar-refractivity contribution in [3.05, 3.63) is 60.0 Å². The molecule has 1 amide bonds. The van der Waals surface area contributed by atoms with E-state index in [0.717, 1.165) is 22.6 Å². The fraction of sp³-hybridized carbons (Fsp3) is 0.348. The lowest BCUT2D eigenvalue weighted by Gasteiger charge is -2.25. The Morgan fingerprint density at radius 1 is 1.07 bits per heavy atom. The molecule has 7 heteroatoms. The Hall–Kier alpha value is -3.35. The summed E-state index contributed by atoms with van der Waals surface area (Å²) in [6.07, 6.45) is 0.655. The van der Waals surface area contributed by atoms with E-state index in [9.17, 15) is 4.79 Å². The van der Waals surface area contributed by atoms with Crippen molar-refractivity contribution in [1.29, 1.82) is 0 Å². The first-order valence-corrected chi connectivity index (χ1v) is 10.2. The molecule has 3 aromatic rings. The van der Waals surface area contributed by atoms with Crippen molar-refractivity contribution in [2.75, 3.05) is 13.2 Å². The molecule has 0 fully saturated rings. The molecule has 4 rings (SSSR count). The summed E-state index contributed by atoms with van der Waals surface area (Å²) in [5, 5.41) is 7.12. The van der Waals surface area contributed by atoms with Crippen LogP contribution in [0, 0.1) is 5.92 Å². The molecule has 7 nitrogen and oxygen atoms in total. The third kappa shape index (κ3) is 4.62. The van der Waals surface area contributed by atoms with Crippen molar-refractivity contribution in [3.63, 3.8) is 0 Å². The highest BCUT2D eigenvalue weighted by atomic mass is 16.6. The molecule has 2 aromatic carbocycles. The lowest BCUT2D eigenvalue weighted by molar-refractivity contribution is -0.122. The number of carbonyl (C=O) groups is 1. The number of rotatable bonds is 7. The van der Waals surface area contributed by atoms with Gasteiger partial charge in [-0.1, -0.05) is 55.4 Å². The van der Waals surface area contributed by atoms with Gasteiger partial charge in [-0.3, -0.25) is 4.79 Å². The SMILES string of the molecule is CC(C)[C@H](NC(=O)CCc1nc(-c2ccccc2)no1)c1ccc2c(c1)OCCO2. The van der Waals surface area contributed by atoms with Crippen LogP contribution in [0.4, 0.5) is 0 Å². The highest BCUT2D eigenvalue weighted by molar-refractivity contribution is 5.76. The number of hydrogen-bond donors (Lipinski definition) is 1. The van der Waals surface area contributed by atoms with Crippen LogP contribution in [-0.4, -0.2) is 29.3 Å². The molecule has 1 aliphatic heterocycles. The molecule has 0 bridgehead atoms. The van der Waals surface area contributed by atoms with Gasteiger partial charge in [-0.25, -0.2) is 0 Å². The van der Waals surface area contributed by atoms with E-state index in [1.54, 1.807) is 0 Å². The van der Waals surface area contributed by atoms with Crippen LogP contribution in [0.15, 0.2) is 53.1 Å². The second-order valence-corrected chi connectivity index (χ2v) is 7.57. The van der Waals surface area contributed by atoms with Gasteiger partial charge < -0.3 is 19.3 Å². The Kier molecular flexibility index (Phi) is 5.97. The van der Waals surface area contributed by atoms with Crippen molar-refractivity contribution in [2.24, 2.45) is 5.92 Å². The van der Waals surface area contributed by atoms with Crippen LogP contribution in [0.2, 0.25) is 0 Å². The summed E-state index contributed by atoms with van der Waals surface area (Å²) < 4.78 is 16.6. The molecular formula is C23H25N3O4. The molecule has 0 unspecified atom stereocenters. The van der Waals surface area contributed by atoms with E-state index < -0.39 is 0 Å². The summed E-state index contributed by atoms with van der Waals surface area (Å²) in [7, 11) is 0. The fourth-order valence-corrected chi connectivity index (χ4v) is 3.42. The zero-order chi connectivity index (χ0) is 20.9. The zero-order valence-electron chi connectivity index (χ0n) is 17.1. The zero-order valence-corrected chi connectivity index (χ0v) is 17.1. The van der Waals surface area contributed by atoms with E-state index in [1.807, 2.05) is 48.5 Å². The number of hydrogen-bond acceptors (Lipinski definition) is 6. The minimum atomic E-state index is -0.129. The fourth-order valence-electron chi connectivity index (χ4n) is 3.42. The Morgan fingerprint density at radius 3 is 2.60 bits per heavy atom. The van der Waals surface area contributed by atoms with Gasteiger partial charge in [0.15, 0.2) is 11.5 Å². The van der Waals surface area contributed by atoms with Gasteiger partial charge in [0.25, 0.3) is 0 Å². The molecular weight excluding hydrogens is 382 g/mol. The quantitative estimate of drug-likeness (QED) is 0.638. The van der Waals surface area contributed by atoms with Crippen LogP contribution < -0.4 is 14.8 Å². The second kappa shape index (κ2) is 8.98. The summed E-state index contributed by atoms with van der Waals surface area (Å²) in [4.78, 5) is 17.0. The molecule has 1 N–H and O–H groups in total. The Bertz CT molecular complexity index is 1000. The third-order valence-electron chi connectivity index (χ3n) is 4.97. The number of nitrogens with one attached hydrogen (secondary N) is 1. The molecule has 1 aliphatic rings. The number of carbonyl (C=O) groups excluding carboxylic acids is 1. The molecule has 0 radical (unpaired) electrons. The van der Waals surface area contributed by atoms with Crippen molar-refractivity contribution in [1.82, 2.24) is 15.5 Å². The van der Waals surface area contributed by atoms with Crippen LogP contribution >= 0.6 is 0 Å². The largest absolute Gasteiger partial charge is 0.486 e. The van der Waals surface area contributed by atoms with Crippen LogP contribution in [0.5, 0.6) is 11.5 Å². The minimum absolute atomic E-state index is 0.0666. The number of fused-ring (bicyclic) bond motifs is 1. The standard InChI is InChI=1S/C23H25N3O4/c1-15(2)22(17-8-9-18-19(14-17)29-13-12-28-18)24-20(27)10-11-21-25-23(26-30-21)16-6-4-3-5-7-16/h3-9,14-15,22H,10-13H2,1-2H3,(H,24,27)/t22-/m0/s1. The number of nitrogens with zero attached hydrogens (tertiary/aromatic N) is 2. The maximum atomic E-state index is 12.6. The molecule has 2 heterocycles. The van der Waals surface area contributed by atoms with Crippen molar-refractivity contribution in [3.8, 4) is 22.9 Å². The van der Waals surface area contributed by atoms with Crippen LogP contribution in [-0.2, 0) is 11.2 Å². The maximum absolute atomic E-state index is 12.6. The first-order valence-electron chi connectivity index (χ1n) is 10.2. The average Bonchev–Trinajstić information content (AvgIpc) is 3.25. The van der Waals surface area contributed by atoms with Crippen LogP contribution in [0.25, 0.3) is 11.4 Å². The van der Waals surface area contributed by atoms with Gasteiger partial charge in [0.1, 0.15) is 13.2 Å². The lowest BCUT2D eigenvalue weighted by atomic mass is 9.95. The van der Waals surface area contributed by atoms with E-state index in [2.05, 4.69) is 29.3 Å². The monoisotopic (exact) mass is 407 g/mol. The Balaban J connectivity index is 1.38. The summed E-state index contributed by atoms with van der Waals surface area (Å²) >= 11 is 0. The van der Waals surface area contributed by atoms with Gasteiger partial charge in [0, 0.05) is 18.4 Å². The van der Waals surface area contributed by atoms with E-state index in [1.165, 1.54) is 0 Å². The number of ether oxygens (including phenoxy) is 2. The van der Waals surface area contributed by atoms with E-state index >= 15 is 0 Å². The number of amides is 1. The number of benzene rings is 2. The predicted molar refractivity (Wildman–Crippen MR) is 111 cm³/mol. The first kappa shape index (κ1) is 19.9. The molecule has 1 atom stereocenters. The molecule has 0 aliphatic carbocycles. The van der Waals surface area contributed by atoms with Crippen LogP contribution in [0.1, 0.15) is 37.8 Å². The highest BCUT2D eigenvalue weighted by Crippen LogP contribution is 2.34. The number of aromatic nitrogens is 2. The van der Waals surface area contributed by atoms with E-state index in [-0.39, 0.29) is 24.3 Å². The van der Waals surface area contributed by atoms with Gasteiger partial charge in [-0.05, 0) is 23.6 Å². The molecule has 0 saturated carbocycles. The Labute approximate surface area is 175 Å². The molecule has 0 saturated heterocycles. The minimum Gasteiger partial charge on any atom is -0.486 e.